The van der Waals surface area contributed by atoms with Gasteiger partial charge in [0, 0.05) is 0 Å². The van der Waals surface area contributed by atoms with E-state index in [1.165, 1.54) is 19.3 Å². The lowest BCUT2D eigenvalue weighted by atomic mass is 9.70. The summed E-state index contributed by atoms with van der Waals surface area (Å²) >= 11 is 0. The van der Waals surface area contributed by atoms with Crippen molar-refractivity contribution >= 4 is 5.97 Å². The number of rotatable bonds is 1. The van der Waals surface area contributed by atoms with Crippen LogP contribution >= 0.6 is 0 Å². The highest BCUT2D eigenvalue weighted by Crippen LogP contribution is 2.46. The Hall–Kier alpha value is -0.530. The van der Waals surface area contributed by atoms with E-state index in [2.05, 4.69) is 6.92 Å². The maximum Gasteiger partial charge on any atom is 0.313 e. The second-order valence-corrected chi connectivity index (χ2v) is 4.01. The van der Waals surface area contributed by atoms with Crippen molar-refractivity contribution in [1.82, 2.24) is 0 Å². The first kappa shape index (κ1) is 8.09. The van der Waals surface area contributed by atoms with Crippen molar-refractivity contribution in [2.24, 2.45) is 5.92 Å². The summed E-state index contributed by atoms with van der Waals surface area (Å²) in [4.78, 5) is 11.1. The molecule has 1 saturated carbocycles. The summed E-state index contributed by atoms with van der Waals surface area (Å²) in [5.74, 6) is 0.261. The molecule has 0 bridgehead atoms. The van der Waals surface area contributed by atoms with Gasteiger partial charge in [-0.1, -0.05) is 13.3 Å². The van der Waals surface area contributed by atoms with E-state index in [-0.39, 0.29) is 17.5 Å². The van der Waals surface area contributed by atoms with E-state index in [9.17, 15) is 4.79 Å². The molecular weight excluding hydrogens is 152 g/mol. The first-order valence-electron chi connectivity index (χ1n) is 5.01. The van der Waals surface area contributed by atoms with Crippen molar-refractivity contribution in [2.75, 3.05) is 0 Å². The van der Waals surface area contributed by atoms with Gasteiger partial charge < -0.3 is 4.74 Å². The molecule has 0 aromatic heterocycles. The van der Waals surface area contributed by atoms with Gasteiger partial charge in [0.05, 0.1) is 5.92 Å². The smallest absolute Gasteiger partial charge is 0.313 e. The third-order valence-corrected chi connectivity index (χ3v) is 3.33. The minimum absolute atomic E-state index is 0.00984. The zero-order valence-electron chi connectivity index (χ0n) is 7.64. The first-order valence-corrected chi connectivity index (χ1v) is 5.01. The number of hydrogen-bond donors (Lipinski definition) is 0. The quantitative estimate of drug-likeness (QED) is 0.561. The fraction of sp³-hybridized carbons (Fsp3) is 0.900. The van der Waals surface area contributed by atoms with Gasteiger partial charge in [-0.2, -0.15) is 0 Å². The summed E-state index contributed by atoms with van der Waals surface area (Å²) in [7, 11) is 0. The molecule has 12 heavy (non-hydrogen) atoms. The van der Waals surface area contributed by atoms with Crippen LogP contribution < -0.4 is 0 Å². The molecule has 0 N–H and O–H groups in total. The van der Waals surface area contributed by atoms with Gasteiger partial charge in [-0.3, -0.25) is 4.79 Å². The van der Waals surface area contributed by atoms with Crippen LogP contribution in [0, 0.1) is 5.92 Å². The lowest BCUT2D eigenvalue weighted by molar-refractivity contribution is -0.220. The van der Waals surface area contributed by atoms with E-state index in [0.717, 1.165) is 19.3 Å². The number of esters is 1. The predicted octanol–water partition coefficient (Wildman–Crippen LogP) is 2.27. The summed E-state index contributed by atoms with van der Waals surface area (Å²) < 4.78 is 5.33. The number of carbonyl (C=O) groups is 1. The molecule has 0 aromatic rings. The Labute approximate surface area is 73.3 Å². The van der Waals surface area contributed by atoms with Crippen LogP contribution in [0.15, 0.2) is 0 Å². The van der Waals surface area contributed by atoms with Crippen LogP contribution in [0.1, 0.15) is 45.4 Å². The topological polar surface area (TPSA) is 26.3 Å². The SMILES string of the molecule is CC[C@@H]1C(=O)OC12CCCCC2. The molecule has 1 aliphatic heterocycles. The van der Waals surface area contributed by atoms with Crippen LogP contribution in [0.5, 0.6) is 0 Å². The van der Waals surface area contributed by atoms with Gasteiger partial charge in [-0.05, 0) is 32.1 Å². The van der Waals surface area contributed by atoms with Gasteiger partial charge >= 0.3 is 5.97 Å². The molecule has 0 unspecified atom stereocenters. The van der Waals surface area contributed by atoms with Gasteiger partial charge in [0.15, 0.2) is 0 Å². The van der Waals surface area contributed by atoms with Gasteiger partial charge in [0.25, 0.3) is 0 Å². The molecule has 68 valence electrons. The monoisotopic (exact) mass is 168 g/mol. The Morgan fingerprint density at radius 1 is 1.42 bits per heavy atom. The molecule has 2 rings (SSSR count). The zero-order chi connectivity index (χ0) is 8.60. The van der Waals surface area contributed by atoms with Gasteiger partial charge in [-0.25, -0.2) is 0 Å². The minimum Gasteiger partial charge on any atom is -0.458 e. The molecule has 2 nitrogen and oxygen atoms in total. The standard InChI is InChI=1S/C10H16O2/c1-2-8-9(11)12-10(8)6-4-3-5-7-10/h8H,2-7H2,1H3/t8-/m1/s1. The van der Waals surface area contributed by atoms with E-state index < -0.39 is 0 Å². The molecular formula is C10H16O2. The van der Waals surface area contributed by atoms with E-state index >= 15 is 0 Å². The number of carbonyl (C=O) groups excluding carboxylic acids is 1. The van der Waals surface area contributed by atoms with Crippen molar-refractivity contribution in [3.8, 4) is 0 Å². The molecule has 2 aliphatic rings. The van der Waals surface area contributed by atoms with Crippen molar-refractivity contribution in [2.45, 2.75) is 51.0 Å². The lowest BCUT2D eigenvalue weighted by Crippen LogP contribution is -2.58. The highest BCUT2D eigenvalue weighted by molar-refractivity contribution is 5.80. The van der Waals surface area contributed by atoms with E-state index in [4.69, 9.17) is 4.74 Å². The highest BCUT2D eigenvalue weighted by Gasteiger charge is 2.55. The Morgan fingerprint density at radius 2 is 2.08 bits per heavy atom. The minimum atomic E-state index is -0.00984. The lowest BCUT2D eigenvalue weighted by Gasteiger charge is -2.49. The normalized spacial score (nSPS) is 32.8. The van der Waals surface area contributed by atoms with Crippen LogP contribution in [-0.4, -0.2) is 11.6 Å². The van der Waals surface area contributed by atoms with Crippen molar-refractivity contribution in [3.63, 3.8) is 0 Å². The first-order chi connectivity index (χ1) is 5.78. The summed E-state index contributed by atoms with van der Waals surface area (Å²) in [5, 5.41) is 0. The van der Waals surface area contributed by atoms with Crippen molar-refractivity contribution in [1.29, 1.82) is 0 Å². The Bertz CT molecular complexity index is 192. The molecule has 1 atom stereocenters. The van der Waals surface area contributed by atoms with Gasteiger partial charge in [0.1, 0.15) is 5.60 Å². The van der Waals surface area contributed by atoms with Gasteiger partial charge in [0.2, 0.25) is 0 Å². The Morgan fingerprint density at radius 3 is 2.58 bits per heavy atom. The second kappa shape index (κ2) is 2.75. The molecule has 0 radical (unpaired) electrons. The Balaban J connectivity index is 2.06. The van der Waals surface area contributed by atoms with Gasteiger partial charge in [-0.15, -0.1) is 0 Å². The summed E-state index contributed by atoms with van der Waals surface area (Å²) in [5.41, 5.74) is -0.00984. The summed E-state index contributed by atoms with van der Waals surface area (Å²) in [6, 6.07) is 0. The van der Waals surface area contributed by atoms with Crippen LogP contribution in [-0.2, 0) is 9.53 Å². The number of ether oxygens (including phenoxy) is 1. The second-order valence-electron chi connectivity index (χ2n) is 4.01. The molecule has 1 saturated heterocycles. The van der Waals surface area contributed by atoms with E-state index in [1.54, 1.807) is 0 Å². The highest BCUT2D eigenvalue weighted by atomic mass is 16.6. The maximum absolute atomic E-state index is 11.1. The molecule has 2 heteroatoms. The number of hydrogen-bond acceptors (Lipinski definition) is 2. The largest absolute Gasteiger partial charge is 0.458 e. The van der Waals surface area contributed by atoms with Crippen LogP contribution in [0.3, 0.4) is 0 Å². The van der Waals surface area contributed by atoms with Crippen LogP contribution in [0.25, 0.3) is 0 Å². The van der Waals surface area contributed by atoms with Crippen molar-refractivity contribution < 1.29 is 9.53 Å². The van der Waals surface area contributed by atoms with E-state index in [1.807, 2.05) is 0 Å². The molecule has 0 aromatic carbocycles. The third-order valence-electron chi connectivity index (χ3n) is 3.33. The molecule has 1 aliphatic carbocycles. The maximum atomic E-state index is 11.1. The predicted molar refractivity (Wildman–Crippen MR) is 45.7 cm³/mol. The average molecular weight is 168 g/mol. The molecule has 1 spiro atoms. The summed E-state index contributed by atoms with van der Waals surface area (Å²) in [6.07, 6.45) is 6.97. The Kier molecular flexibility index (Phi) is 1.85. The fourth-order valence-electron chi connectivity index (χ4n) is 2.64. The molecule has 2 fully saturated rings. The van der Waals surface area contributed by atoms with Crippen LogP contribution in [0.4, 0.5) is 0 Å². The van der Waals surface area contributed by atoms with Crippen LogP contribution in [0.2, 0.25) is 0 Å². The summed E-state index contributed by atoms with van der Waals surface area (Å²) in [6.45, 7) is 2.08. The molecule has 1 heterocycles. The molecule has 0 amide bonds. The third kappa shape index (κ3) is 0.970. The van der Waals surface area contributed by atoms with Crippen molar-refractivity contribution in [3.05, 3.63) is 0 Å². The fourth-order valence-corrected chi connectivity index (χ4v) is 2.64. The zero-order valence-corrected chi connectivity index (χ0v) is 7.64. The average Bonchev–Trinajstić information content (AvgIpc) is 2.06. The van der Waals surface area contributed by atoms with E-state index in [0.29, 0.717) is 0 Å².